The standard InChI is InChI=1S/C17H25N5O3/c1-13-8-15(19-25-13)17(23)22-10-14(12-24-7-6-20(2)3)9-21-5-4-18-16(21)11-22/h4-5,8,14H,6-7,9-12H2,1-3H3. The molecule has 1 amide bonds. The van der Waals surface area contributed by atoms with Gasteiger partial charge >= 0.3 is 0 Å². The van der Waals surface area contributed by atoms with Crippen LogP contribution in [0, 0.1) is 12.8 Å². The van der Waals surface area contributed by atoms with Gasteiger partial charge in [0.15, 0.2) is 5.69 Å². The predicted octanol–water partition coefficient (Wildman–Crippen LogP) is 1.03. The quantitative estimate of drug-likeness (QED) is 0.727. The molecule has 0 saturated heterocycles. The zero-order chi connectivity index (χ0) is 17.8. The van der Waals surface area contributed by atoms with Crippen molar-refractivity contribution in [1.29, 1.82) is 0 Å². The van der Waals surface area contributed by atoms with Gasteiger partial charge in [-0.2, -0.15) is 0 Å². The number of aryl methyl sites for hydroxylation is 1. The van der Waals surface area contributed by atoms with Crippen LogP contribution in [-0.4, -0.2) is 70.8 Å². The molecule has 1 unspecified atom stereocenters. The summed E-state index contributed by atoms with van der Waals surface area (Å²) in [6.45, 7) is 5.80. The first-order valence-electron chi connectivity index (χ1n) is 8.48. The van der Waals surface area contributed by atoms with Crippen molar-refractivity contribution in [3.8, 4) is 0 Å². The third-order valence-electron chi connectivity index (χ3n) is 4.24. The number of ether oxygens (including phenoxy) is 1. The lowest BCUT2D eigenvalue weighted by atomic mass is 10.1. The number of likely N-dealkylation sites (N-methyl/N-ethyl adjacent to an activating group) is 1. The van der Waals surface area contributed by atoms with Gasteiger partial charge in [0, 0.05) is 44.0 Å². The minimum atomic E-state index is -0.133. The van der Waals surface area contributed by atoms with Gasteiger partial charge in [-0.25, -0.2) is 4.98 Å². The van der Waals surface area contributed by atoms with Crippen LogP contribution in [0.2, 0.25) is 0 Å². The van der Waals surface area contributed by atoms with Gasteiger partial charge in [0.1, 0.15) is 11.6 Å². The molecule has 3 heterocycles. The molecule has 0 N–H and O–H groups in total. The van der Waals surface area contributed by atoms with Crippen molar-refractivity contribution in [2.45, 2.75) is 20.0 Å². The number of nitrogens with zero attached hydrogens (tertiary/aromatic N) is 5. The summed E-state index contributed by atoms with van der Waals surface area (Å²) < 4.78 is 13.0. The third-order valence-corrected chi connectivity index (χ3v) is 4.24. The van der Waals surface area contributed by atoms with E-state index < -0.39 is 0 Å². The molecule has 2 aromatic heterocycles. The first kappa shape index (κ1) is 17.6. The fourth-order valence-electron chi connectivity index (χ4n) is 2.93. The number of rotatable bonds is 6. The molecule has 8 heteroatoms. The van der Waals surface area contributed by atoms with Crippen LogP contribution in [0.15, 0.2) is 23.0 Å². The monoisotopic (exact) mass is 347 g/mol. The molecular weight excluding hydrogens is 322 g/mol. The topological polar surface area (TPSA) is 76.6 Å². The molecule has 1 atom stereocenters. The molecule has 0 aliphatic carbocycles. The van der Waals surface area contributed by atoms with E-state index >= 15 is 0 Å². The molecule has 25 heavy (non-hydrogen) atoms. The number of hydrogen-bond acceptors (Lipinski definition) is 6. The highest BCUT2D eigenvalue weighted by molar-refractivity contribution is 5.92. The Bertz CT molecular complexity index is 709. The Morgan fingerprint density at radius 2 is 2.28 bits per heavy atom. The van der Waals surface area contributed by atoms with Gasteiger partial charge in [-0.1, -0.05) is 5.16 Å². The molecule has 0 bridgehead atoms. The van der Waals surface area contributed by atoms with Gasteiger partial charge in [-0.05, 0) is 21.0 Å². The van der Waals surface area contributed by atoms with Gasteiger partial charge in [-0.3, -0.25) is 4.79 Å². The molecule has 136 valence electrons. The van der Waals surface area contributed by atoms with Crippen molar-refractivity contribution in [3.63, 3.8) is 0 Å². The van der Waals surface area contributed by atoms with Gasteiger partial charge < -0.3 is 23.6 Å². The van der Waals surface area contributed by atoms with Crippen molar-refractivity contribution in [3.05, 3.63) is 35.7 Å². The van der Waals surface area contributed by atoms with Crippen molar-refractivity contribution in [1.82, 2.24) is 24.5 Å². The lowest BCUT2D eigenvalue weighted by Gasteiger charge is -2.23. The highest BCUT2D eigenvalue weighted by Crippen LogP contribution is 2.18. The van der Waals surface area contributed by atoms with E-state index in [1.807, 2.05) is 20.3 Å². The third kappa shape index (κ3) is 4.46. The molecule has 0 spiro atoms. The van der Waals surface area contributed by atoms with Crippen LogP contribution in [0.4, 0.5) is 0 Å². The highest BCUT2D eigenvalue weighted by Gasteiger charge is 2.28. The van der Waals surface area contributed by atoms with E-state index in [1.54, 1.807) is 24.1 Å². The second kappa shape index (κ2) is 7.79. The summed E-state index contributed by atoms with van der Waals surface area (Å²) in [6, 6.07) is 1.67. The molecule has 0 saturated carbocycles. The van der Waals surface area contributed by atoms with Gasteiger partial charge in [-0.15, -0.1) is 0 Å². The summed E-state index contributed by atoms with van der Waals surface area (Å²) in [4.78, 5) is 21.0. The zero-order valence-electron chi connectivity index (χ0n) is 15.0. The highest BCUT2D eigenvalue weighted by atomic mass is 16.5. The Kier molecular flexibility index (Phi) is 5.50. The Labute approximate surface area is 147 Å². The summed E-state index contributed by atoms with van der Waals surface area (Å²) in [5.41, 5.74) is 0.338. The molecule has 1 aliphatic rings. The fraction of sp³-hybridized carbons (Fsp3) is 0.588. The largest absolute Gasteiger partial charge is 0.380 e. The first-order valence-corrected chi connectivity index (χ1v) is 8.48. The average Bonchev–Trinajstić information content (AvgIpc) is 3.15. The van der Waals surface area contributed by atoms with Crippen molar-refractivity contribution in [2.75, 3.05) is 40.4 Å². The lowest BCUT2D eigenvalue weighted by molar-refractivity contribution is 0.0557. The van der Waals surface area contributed by atoms with Crippen LogP contribution >= 0.6 is 0 Å². The second-order valence-electron chi connectivity index (χ2n) is 6.75. The summed E-state index contributed by atoms with van der Waals surface area (Å²) in [5.74, 6) is 1.58. The van der Waals surface area contributed by atoms with Crippen molar-refractivity contribution in [2.24, 2.45) is 5.92 Å². The summed E-state index contributed by atoms with van der Waals surface area (Å²) in [5, 5.41) is 3.85. The second-order valence-corrected chi connectivity index (χ2v) is 6.75. The van der Waals surface area contributed by atoms with E-state index in [1.165, 1.54) is 0 Å². The van der Waals surface area contributed by atoms with Gasteiger partial charge in [0.25, 0.3) is 5.91 Å². The molecular formula is C17H25N5O3. The number of fused-ring (bicyclic) bond motifs is 1. The smallest absolute Gasteiger partial charge is 0.276 e. The van der Waals surface area contributed by atoms with E-state index in [0.717, 1.165) is 18.9 Å². The van der Waals surface area contributed by atoms with Crippen LogP contribution in [0.3, 0.4) is 0 Å². The first-order chi connectivity index (χ1) is 12.0. The van der Waals surface area contributed by atoms with Crippen LogP contribution in [0.5, 0.6) is 0 Å². The maximum atomic E-state index is 12.8. The molecule has 8 nitrogen and oxygen atoms in total. The van der Waals surface area contributed by atoms with Crippen LogP contribution < -0.4 is 0 Å². The maximum absolute atomic E-state index is 12.8. The molecule has 3 rings (SSSR count). The Morgan fingerprint density at radius 1 is 1.44 bits per heavy atom. The Hall–Kier alpha value is -2.19. The zero-order valence-corrected chi connectivity index (χ0v) is 15.0. The lowest BCUT2D eigenvalue weighted by Crippen LogP contribution is -2.36. The van der Waals surface area contributed by atoms with E-state index in [0.29, 0.717) is 37.8 Å². The molecule has 0 radical (unpaired) electrons. The van der Waals surface area contributed by atoms with E-state index in [2.05, 4.69) is 19.6 Å². The molecule has 0 aromatic carbocycles. The minimum Gasteiger partial charge on any atom is -0.380 e. The fourth-order valence-corrected chi connectivity index (χ4v) is 2.93. The van der Waals surface area contributed by atoms with Crippen molar-refractivity contribution < 1.29 is 14.1 Å². The molecule has 0 fully saturated rings. The summed E-state index contributed by atoms with van der Waals surface area (Å²) in [6.07, 6.45) is 3.73. The molecule has 1 aliphatic heterocycles. The molecule has 2 aromatic rings. The average molecular weight is 347 g/mol. The van der Waals surface area contributed by atoms with Crippen LogP contribution in [0.1, 0.15) is 22.1 Å². The van der Waals surface area contributed by atoms with E-state index in [4.69, 9.17) is 9.26 Å². The van der Waals surface area contributed by atoms with E-state index in [9.17, 15) is 4.79 Å². The van der Waals surface area contributed by atoms with E-state index in [-0.39, 0.29) is 11.8 Å². The number of imidazole rings is 1. The normalized spacial score (nSPS) is 17.6. The van der Waals surface area contributed by atoms with Gasteiger partial charge in [0.2, 0.25) is 0 Å². The summed E-state index contributed by atoms with van der Waals surface area (Å²) >= 11 is 0. The number of amides is 1. The SMILES string of the molecule is Cc1cc(C(=O)N2Cc3nccn3CC(COCCN(C)C)C2)no1. The number of aromatic nitrogens is 3. The van der Waals surface area contributed by atoms with Crippen LogP contribution in [-0.2, 0) is 17.8 Å². The number of carbonyl (C=O) groups is 1. The van der Waals surface area contributed by atoms with Gasteiger partial charge in [0.05, 0.1) is 19.8 Å². The minimum absolute atomic E-state index is 0.133. The predicted molar refractivity (Wildman–Crippen MR) is 91.1 cm³/mol. The van der Waals surface area contributed by atoms with Crippen molar-refractivity contribution >= 4 is 5.91 Å². The summed E-state index contributed by atoms with van der Waals surface area (Å²) in [7, 11) is 4.04. The maximum Gasteiger partial charge on any atom is 0.276 e. The Balaban J connectivity index is 1.69. The Morgan fingerprint density at radius 3 is 3.00 bits per heavy atom. The van der Waals surface area contributed by atoms with Crippen LogP contribution in [0.25, 0.3) is 0 Å². The number of carbonyl (C=O) groups excluding carboxylic acids is 1. The number of hydrogen-bond donors (Lipinski definition) is 0.